The van der Waals surface area contributed by atoms with E-state index in [0.29, 0.717) is 13.0 Å². The number of hydrogen-bond acceptors (Lipinski definition) is 4. The first kappa shape index (κ1) is 17.1. The van der Waals surface area contributed by atoms with Crippen LogP contribution in [0.4, 0.5) is 5.69 Å². The van der Waals surface area contributed by atoms with Gasteiger partial charge in [0.05, 0.1) is 4.92 Å². The summed E-state index contributed by atoms with van der Waals surface area (Å²) in [5.41, 5.74) is 6.88. The Hall–Kier alpha value is -3.06. The van der Waals surface area contributed by atoms with E-state index >= 15 is 0 Å². The lowest BCUT2D eigenvalue weighted by Crippen LogP contribution is -2.51. The van der Waals surface area contributed by atoms with Crippen molar-refractivity contribution in [1.82, 2.24) is 9.78 Å². The first-order valence-electron chi connectivity index (χ1n) is 9.39. The molecule has 0 radical (unpaired) electrons. The van der Waals surface area contributed by atoms with Crippen molar-refractivity contribution >= 4 is 5.69 Å². The second kappa shape index (κ2) is 5.97. The Balaban J connectivity index is 1.61. The second-order valence-corrected chi connectivity index (χ2v) is 7.77. The molecule has 0 saturated carbocycles. The van der Waals surface area contributed by atoms with Gasteiger partial charge in [0.1, 0.15) is 24.4 Å². The van der Waals surface area contributed by atoms with Gasteiger partial charge in [0.2, 0.25) is 6.33 Å². The lowest BCUT2D eigenvalue weighted by atomic mass is 10.1. The number of aryl methyl sites for hydroxylation is 3. The molecule has 2 aromatic carbocycles. The molecular formula is C21H21N4O3+. The monoisotopic (exact) mass is 377 g/mol. The average molecular weight is 377 g/mol. The van der Waals surface area contributed by atoms with Crippen molar-refractivity contribution in [3.63, 3.8) is 0 Å². The van der Waals surface area contributed by atoms with Crippen LogP contribution < -0.4 is 4.57 Å². The molecule has 0 N–H and O–H groups in total. The summed E-state index contributed by atoms with van der Waals surface area (Å²) in [6, 6.07) is 9.45. The van der Waals surface area contributed by atoms with Crippen molar-refractivity contribution in [2.24, 2.45) is 0 Å². The Kier molecular flexibility index (Phi) is 3.64. The Morgan fingerprint density at radius 1 is 1.21 bits per heavy atom. The van der Waals surface area contributed by atoms with Crippen molar-refractivity contribution < 1.29 is 14.2 Å². The zero-order chi connectivity index (χ0) is 19.6. The highest BCUT2D eigenvalue weighted by Crippen LogP contribution is 2.37. The summed E-state index contributed by atoms with van der Waals surface area (Å²) in [5, 5.41) is 15.9. The van der Waals surface area contributed by atoms with Crippen molar-refractivity contribution in [3.05, 3.63) is 80.4 Å². The molecule has 7 nitrogen and oxygen atoms in total. The van der Waals surface area contributed by atoms with Gasteiger partial charge in [0, 0.05) is 23.7 Å². The summed E-state index contributed by atoms with van der Waals surface area (Å²) in [6.07, 6.45) is 2.70. The summed E-state index contributed by atoms with van der Waals surface area (Å²) >= 11 is 0. The quantitative estimate of drug-likeness (QED) is 0.391. The molecule has 2 atom stereocenters. The van der Waals surface area contributed by atoms with Crippen LogP contribution in [-0.2, 0) is 17.8 Å². The highest BCUT2D eigenvalue weighted by atomic mass is 16.6. The van der Waals surface area contributed by atoms with E-state index in [1.54, 1.807) is 12.1 Å². The van der Waals surface area contributed by atoms with Gasteiger partial charge in [-0.25, -0.2) is 4.57 Å². The lowest BCUT2D eigenvalue weighted by molar-refractivity contribution is -0.739. The highest BCUT2D eigenvalue weighted by Gasteiger charge is 2.44. The highest BCUT2D eigenvalue weighted by molar-refractivity contribution is 5.48. The van der Waals surface area contributed by atoms with Gasteiger partial charge in [-0.1, -0.05) is 22.4 Å². The van der Waals surface area contributed by atoms with E-state index in [1.807, 2.05) is 17.1 Å². The van der Waals surface area contributed by atoms with Crippen LogP contribution in [-0.4, -0.2) is 20.8 Å². The smallest absolute Gasteiger partial charge is 0.304 e. The van der Waals surface area contributed by atoms with Crippen LogP contribution in [0, 0.1) is 30.9 Å². The summed E-state index contributed by atoms with van der Waals surface area (Å²) in [6.45, 7) is 6.74. The standard InChI is InChI=1S/C21H21N4O3/c1-12-6-13(2)20(14(3)7-12)24-11-23-19(22-24)10-28-18-9-15-8-16(25(26)27)4-5-17(15)21(18)23/h4-8,11,18,21H,9-10H2,1-3H3/q+1/t18-,21+/m1/s1. The van der Waals surface area contributed by atoms with Gasteiger partial charge in [-0.2, -0.15) is 0 Å². The van der Waals surface area contributed by atoms with Crippen LogP contribution in [0.3, 0.4) is 0 Å². The largest absolute Gasteiger partial charge is 0.363 e. The summed E-state index contributed by atoms with van der Waals surface area (Å²) in [5.74, 6) is 0.867. The van der Waals surface area contributed by atoms with Gasteiger partial charge >= 0.3 is 5.82 Å². The number of hydrogen-bond donors (Lipinski definition) is 0. The van der Waals surface area contributed by atoms with E-state index in [0.717, 1.165) is 22.6 Å². The van der Waals surface area contributed by atoms with Crippen molar-refractivity contribution in [2.45, 2.75) is 45.9 Å². The fourth-order valence-electron chi connectivity index (χ4n) is 4.72. The first-order valence-corrected chi connectivity index (χ1v) is 9.39. The lowest BCUT2D eigenvalue weighted by Gasteiger charge is -2.23. The van der Waals surface area contributed by atoms with Gasteiger partial charge in [0.15, 0.2) is 0 Å². The van der Waals surface area contributed by atoms with E-state index in [1.165, 1.54) is 16.7 Å². The molecule has 3 aromatic rings. The molecule has 0 saturated heterocycles. The minimum Gasteiger partial charge on any atom is -0.363 e. The zero-order valence-corrected chi connectivity index (χ0v) is 16.0. The first-order chi connectivity index (χ1) is 13.4. The number of non-ortho nitro benzene ring substituents is 1. The van der Waals surface area contributed by atoms with E-state index in [9.17, 15) is 10.1 Å². The molecule has 0 fully saturated rings. The minimum atomic E-state index is -0.345. The fraction of sp³-hybridized carbons (Fsp3) is 0.333. The summed E-state index contributed by atoms with van der Waals surface area (Å²) < 4.78 is 10.2. The fourth-order valence-corrected chi connectivity index (χ4v) is 4.72. The minimum absolute atomic E-state index is 0.000588. The maximum absolute atomic E-state index is 11.1. The molecule has 2 aliphatic rings. The van der Waals surface area contributed by atoms with Crippen LogP contribution >= 0.6 is 0 Å². The molecule has 1 aliphatic heterocycles. The van der Waals surface area contributed by atoms with E-state index in [2.05, 4.69) is 37.5 Å². The molecule has 1 aliphatic carbocycles. The molecular weight excluding hydrogens is 356 g/mol. The maximum Gasteiger partial charge on any atom is 0.304 e. The average Bonchev–Trinajstić information content (AvgIpc) is 3.20. The number of nitro benzene ring substituents is 1. The SMILES string of the molecule is Cc1cc(C)c(-n2c[n+]3c(n2)CO[C@@H]2Cc4cc([N+](=O)[O-])ccc4[C@@H]23)c(C)c1. The molecule has 0 amide bonds. The van der Waals surface area contributed by atoms with Crippen LogP contribution in [0.15, 0.2) is 36.7 Å². The van der Waals surface area contributed by atoms with E-state index in [4.69, 9.17) is 9.84 Å². The molecule has 0 spiro atoms. The predicted molar refractivity (Wildman–Crippen MR) is 101 cm³/mol. The van der Waals surface area contributed by atoms with Gasteiger partial charge in [0.25, 0.3) is 5.69 Å². The number of ether oxygens (including phenoxy) is 1. The summed E-state index contributed by atoms with van der Waals surface area (Å²) in [4.78, 5) is 10.8. The molecule has 2 heterocycles. The Labute approximate surface area is 162 Å². The zero-order valence-electron chi connectivity index (χ0n) is 16.0. The Morgan fingerprint density at radius 2 is 1.96 bits per heavy atom. The van der Waals surface area contributed by atoms with Crippen LogP contribution in [0.1, 0.15) is 39.7 Å². The predicted octanol–water partition coefficient (Wildman–Crippen LogP) is 3.04. The van der Waals surface area contributed by atoms with Gasteiger partial charge in [-0.3, -0.25) is 10.1 Å². The van der Waals surface area contributed by atoms with Gasteiger partial charge in [-0.05, 0) is 49.1 Å². The Bertz CT molecular complexity index is 1110. The van der Waals surface area contributed by atoms with Crippen LogP contribution in [0.5, 0.6) is 0 Å². The number of rotatable bonds is 2. The molecule has 7 heteroatoms. The topological polar surface area (TPSA) is 74.1 Å². The number of aromatic nitrogens is 3. The van der Waals surface area contributed by atoms with Gasteiger partial charge < -0.3 is 4.74 Å². The third kappa shape index (κ3) is 2.46. The van der Waals surface area contributed by atoms with Gasteiger partial charge in [-0.15, -0.1) is 0 Å². The number of nitro groups is 1. The van der Waals surface area contributed by atoms with Crippen LogP contribution in [0.2, 0.25) is 0 Å². The molecule has 142 valence electrons. The maximum atomic E-state index is 11.1. The molecule has 1 aromatic heterocycles. The van der Waals surface area contributed by atoms with Crippen LogP contribution in [0.25, 0.3) is 5.69 Å². The van der Waals surface area contributed by atoms with Crippen molar-refractivity contribution in [1.29, 1.82) is 0 Å². The van der Waals surface area contributed by atoms with Crippen molar-refractivity contribution in [3.8, 4) is 5.69 Å². The molecule has 28 heavy (non-hydrogen) atoms. The summed E-state index contributed by atoms with van der Waals surface area (Å²) in [7, 11) is 0. The van der Waals surface area contributed by atoms with E-state index in [-0.39, 0.29) is 22.8 Å². The Morgan fingerprint density at radius 3 is 2.68 bits per heavy atom. The third-order valence-corrected chi connectivity index (χ3v) is 5.77. The third-order valence-electron chi connectivity index (χ3n) is 5.77. The molecule has 0 unspecified atom stereocenters. The van der Waals surface area contributed by atoms with E-state index < -0.39 is 0 Å². The van der Waals surface area contributed by atoms with Crippen molar-refractivity contribution in [2.75, 3.05) is 0 Å². The number of fused-ring (bicyclic) bond motifs is 5. The normalized spacial score (nSPS) is 19.8. The number of nitrogens with zero attached hydrogens (tertiary/aromatic N) is 4. The molecule has 0 bridgehead atoms. The second-order valence-electron chi connectivity index (χ2n) is 7.77. The molecule has 5 rings (SSSR count). The number of benzene rings is 2.